The van der Waals surface area contributed by atoms with Gasteiger partial charge in [-0.3, -0.25) is 9.59 Å². The fourth-order valence-electron chi connectivity index (χ4n) is 3.64. The summed E-state index contributed by atoms with van der Waals surface area (Å²) in [5.74, 6) is -0.382. The third-order valence-corrected chi connectivity index (χ3v) is 8.33. The van der Waals surface area contributed by atoms with Crippen molar-refractivity contribution in [2.45, 2.75) is 10.1 Å². The highest BCUT2D eigenvalue weighted by Gasteiger charge is 2.23. The predicted molar refractivity (Wildman–Crippen MR) is 160 cm³/mol. The molecule has 1 atom stereocenters. The predicted octanol–water partition coefficient (Wildman–Crippen LogP) is 8.00. The summed E-state index contributed by atoms with van der Waals surface area (Å²) in [6, 6.07) is 30.8. The maximum atomic E-state index is 13.5. The number of carbonyl (C=O) groups is 2. The number of benzene rings is 3. The minimum Gasteiger partial charge on any atom is -0.322 e. The highest BCUT2D eigenvalue weighted by atomic mass is 32.2. The van der Waals surface area contributed by atoms with Crippen LogP contribution in [-0.4, -0.2) is 16.8 Å². The summed E-state index contributed by atoms with van der Waals surface area (Å²) in [6.45, 7) is 0. The Labute approximate surface area is 233 Å². The molecule has 0 radical (unpaired) electrons. The van der Waals surface area contributed by atoms with Crippen LogP contribution in [0.2, 0.25) is 0 Å². The topological polar surface area (TPSA) is 71.1 Å². The van der Waals surface area contributed by atoms with Crippen LogP contribution in [0.1, 0.15) is 16.4 Å². The van der Waals surface area contributed by atoms with Gasteiger partial charge in [0.25, 0.3) is 0 Å². The van der Waals surface area contributed by atoms with Crippen LogP contribution < -0.4 is 10.6 Å². The molecule has 2 aromatic heterocycles. The van der Waals surface area contributed by atoms with Gasteiger partial charge in [-0.05, 0) is 46.8 Å². The minimum atomic E-state index is -0.505. The number of amides is 2. The van der Waals surface area contributed by atoms with Crippen molar-refractivity contribution < 1.29 is 9.59 Å². The molecule has 0 saturated carbocycles. The minimum absolute atomic E-state index is 0.159. The number of nitrogens with one attached hydrogen (secondary N) is 2. The van der Waals surface area contributed by atoms with Crippen molar-refractivity contribution in [3.05, 3.63) is 125 Å². The Morgan fingerprint density at radius 1 is 0.842 bits per heavy atom. The number of thiophene rings is 1. The molecule has 0 spiro atoms. The van der Waals surface area contributed by atoms with Crippen molar-refractivity contribution >= 4 is 63.1 Å². The number of hydrogen-bond donors (Lipinski definition) is 2. The molecule has 188 valence electrons. The molecule has 0 bridgehead atoms. The Bertz CT molecular complexity index is 1530. The van der Waals surface area contributed by atoms with E-state index in [1.54, 1.807) is 17.4 Å². The summed E-state index contributed by atoms with van der Waals surface area (Å²) in [5.41, 5.74) is 3.34. The van der Waals surface area contributed by atoms with E-state index < -0.39 is 5.25 Å². The van der Waals surface area contributed by atoms with Crippen molar-refractivity contribution in [3.8, 4) is 10.6 Å². The van der Waals surface area contributed by atoms with E-state index in [0.717, 1.165) is 26.6 Å². The Balaban J connectivity index is 1.30. The number of rotatable bonds is 9. The second-order valence-electron chi connectivity index (χ2n) is 8.17. The van der Waals surface area contributed by atoms with Crippen LogP contribution in [0.4, 0.5) is 10.8 Å². The third kappa shape index (κ3) is 6.86. The molecule has 0 aliphatic heterocycles. The first-order chi connectivity index (χ1) is 18.6. The second kappa shape index (κ2) is 12.5. The molecule has 0 saturated heterocycles. The molecule has 2 N–H and O–H groups in total. The highest BCUT2D eigenvalue weighted by Crippen LogP contribution is 2.38. The lowest BCUT2D eigenvalue weighted by Crippen LogP contribution is -2.19. The highest BCUT2D eigenvalue weighted by molar-refractivity contribution is 8.00. The maximum absolute atomic E-state index is 13.5. The number of carbonyl (C=O) groups excluding carboxylic acids is 2. The fraction of sp³-hybridized carbons (Fsp3) is 0.0333. The average Bonchev–Trinajstić information content (AvgIpc) is 3.64. The summed E-state index contributed by atoms with van der Waals surface area (Å²) in [6.07, 6.45) is 3.28. The summed E-state index contributed by atoms with van der Waals surface area (Å²) in [7, 11) is 0. The average molecular weight is 554 g/mol. The molecule has 8 heteroatoms. The Morgan fingerprint density at radius 3 is 2.39 bits per heavy atom. The molecule has 3 aromatic carbocycles. The van der Waals surface area contributed by atoms with E-state index in [1.165, 1.54) is 29.2 Å². The van der Waals surface area contributed by atoms with E-state index in [9.17, 15) is 9.59 Å². The molecule has 0 fully saturated rings. The second-order valence-corrected chi connectivity index (χ2v) is 11.2. The van der Waals surface area contributed by atoms with Crippen LogP contribution in [0.3, 0.4) is 0 Å². The van der Waals surface area contributed by atoms with E-state index in [0.29, 0.717) is 10.8 Å². The van der Waals surface area contributed by atoms with Crippen LogP contribution in [0.15, 0.2) is 119 Å². The van der Waals surface area contributed by atoms with Gasteiger partial charge in [0.15, 0.2) is 5.13 Å². The molecule has 2 heterocycles. The number of nitrogens with zero attached hydrogens (tertiary/aromatic N) is 1. The number of hydrogen-bond acceptors (Lipinski definition) is 6. The molecule has 5 nitrogen and oxygen atoms in total. The molecule has 1 unspecified atom stereocenters. The van der Waals surface area contributed by atoms with Gasteiger partial charge in [-0.15, -0.1) is 34.4 Å². The van der Waals surface area contributed by atoms with Crippen molar-refractivity contribution in [2.24, 2.45) is 0 Å². The van der Waals surface area contributed by atoms with Crippen LogP contribution in [0.5, 0.6) is 0 Å². The Morgan fingerprint density at radius 2 is 1.63 bits per heavy atom. The van der Waals surface area contributed by atoms with Crippen LogP contribution in [0.25, 0.3) is 16.6 Å². The van der Waals surface area contributed by atoms with Gasteiger partial charge in [0, 0.05) is 22.0 Å². The monoisotopic (exact) mass is 553 g/mol. The first kappa shape index (κ1) is 25.7. The number of aromatic nitrogens is 1. The van der Waals surface area contributed by atoms with Gasteiger partial charge in [-0.1, -0.05) is 72.8 Å². The standard InChI is InChI=1S/C30H23N3O2S3/c34-27(17-16-21-9-3-1-4-10-21)31-23-13-7-14-24(19-23)38-28(22-11-5-2-6-12-22)29(35)33-30-32-25(20-37-30)26-15-8-18-36-26/h1-20,28H,(H,31,34)(H,32,33,35)/b17-16+. The van der Waals surface area contributed by atoms with Crippen molar-refractivity contribution in [1.82, 2.24) is 4.98 Å². The largest absolute Gasteiger partial charge is 0.322 e. The van der Waals surface area contributed by atoms with E-state index in [-0.39, 0.29) is 11.8 Å². The normalized spacial score (nSPS) is 11.8. The quantitative estimate of drug-likeness (QED) is 0.143. The summed E-state index contributed by atoms with van der Waals surface area (Å²) in [4.78, 5) is 32.4. The van der Waals surface area contributed by atoms with Gasteiger partial charge in [-0.2, -0.15) is 0 Å². The zero-order valence-corrected chi connectivity index (χ0v) is 22.6. The van der Waals surface area contributed by atoms with Gasteiger partial charge >= 0.3 is 0 Å². The van der Waals surface area contributed by atoms with E-state index >= 15 is 0 Å². The zero-order chi connectivity index (χ0) is 26.2. The number of anilines is 2. The van der Waals surface area contributed by atoms with Gasteiger partial charge in [-0.25, -0.2) is 4.98 Å². The maximum Gasteiger partial charge on any atom is 0.248 e. The molecular weight excluding hydrogens is 531 g/mol. The van der Waals surface area contributed by atoms with Gasteiger partial charge in [0.05, 0.1) is 10.6 Å². The lowest BCUT2D eigenvalue weighted by molar-refractivity contribution is -0.116. The molecular formula is C30H23N3O2S3. The van der Waals surface area contributed by atoms with Gasteiger partial charge < -0.3 is 10.6 Å². The summed E-state index contributed by atoms with van der Waals surface area (Å²) < 4.78 is 0. The molecule has 38 heavy (non-hydrogen) atoms. The van der Waals surface area contributed by atoms with Crippen LogP contribution in [-0.2, 0) is 9.59 Å². The molecule has 0 aliphatic rings. The van der Waals surface area contributed by atoms with Gasteiger partial charge in [0.1, 0.15) is 5.25 Å². The van der Waals surface area contributed by atoms with Crippen LogP contribution in [0, 0.1) is 0 Å². The van der Waals surface area contributed by atoms with E-state index in [2.05, 4.69) is 15.6 Å². The Hall–Kier alpha value is -3.98. The molecule has 5 aromatic rings. The lowest BCUT2D eigenvalue weighted by atomic mass is 10.1. The molecule has 0 aliphatic carbocycles. The zero-order valence-electron chi connectivity index (χ0n) is 20.1. The smallest absolute Gasteiger partial charge is 0.248 e. The summed E-state index contributed by atoms with van der Waals surface area (Å²) >= 11 is 4.44. The molecule has 5 rings (SSSR count). The van der Waals surface area contributed by atoms with E-state index in [4.69, 9.17) is 0 Å². The van der Waals surface area contributed by atoms with E-state index in [1.807, 2.05) is 108 Å². The first-order valence-corrected chi connectivity index (χ1v) is 14.4. The van der Waals surface area contributed by atoms with Crippen molar-refractivity contribution in [2.75, 3.05) is 10.6 Å². The van der Waals surface area contributed by atoms with Gasteiger partial charge in [0.2, 0.25) is 11.8 Å². The number of thioether (sulfide) groups is 1. The van der Waals surface area contributed by atoms with Crippen molar-refractivity contribution in [3.63, 3.8) is 0 Å². The lowest BCUT2D eigenvalue weighted by Gasteiger charge is -2.17. The van der Waals surface area contributed by atoms with Crippen LogP contribution >= 0.6 is 34.4 Å². The number of thiazole rings is 1. The summed E-state index contributed by atoms with van der Waals surface area (Å²) in [5, 5.41) is 9.91. The fourth-order valence-corrected chi connectivity index (χ4v) is 6.20. The Kier molecular flexibility index (Phi) is 8.45. The molecule has 2 amide bonds. The third-order valence-electron chi connectivity index (χ3n) is 5.43. The van der Waals surface area contributed by atoms with Crippen molar-refractivity contribution in [1.29, 1.82) is 0 Å². The SMILES string of the molecule is O=C(/C=C/c1ccccc1)Nc1cccc(SC(C(=O)Nc2nc(-c3cccs3)cs2)c2ccccc2)c1. The first-order valence-electron chi connectivity index (χ1n) is 11.8.